The van der Waals surface area contributed by atoms with Crippen molar-refractivity contribution in [3.8, 4) is 6.07 Å². The predicted octanol–water partition coefficient (Wildman–Crippen LogP) is 1.27. The second kappa shape index (κ2) is 10.2. The maximum absolute atomic E-state index is 13.1. The number of ether oxygens (including phenoxy) is 2. The number of carbonyl (C=O) groups is 2. The molecular formula is C24H28N4O12P2. The number of anilines is 1. The molecule has 3 fully saturated rings. The van der Waals surface area contributed by atoms with Gasteiger partial charge in [0.1, 0.15) is 17.2 Å². The predicted molar refractivity (Wildman–Crippen MR) is 144 cm³/mol. The van der Waals surface area contributed by atoms with Crippen LogP contribution in [0.5, 0.6) is 0 Å². The van der Waals surface area contributed by atoms with Crippen molar-refractivity contribution in [3.63, 3.8) is 0 Å². The van der Waals surface area contributed by atoms with E-state index in [0.717, 1.165) is 17.7 Å². The highest BCUT2D eigenvalue weighted by Crippen LogP contribution is 2.69. The third kappa shape index (κ3) is 4.81. The molecule has 1 aromatic carbocycles. The first-order chi connectivity index (χ1) is 19.5. The molecule has 1 amide bonds. The second-order valence-electron chi connectivity index (χ2n) is 10.7. The minimum absolute atomic E-state index is 0.00631. The topological polar surface area (TPSA) is 240 Å². The molecule has 0 spiro atoms. The molecule has 42 heavy (non-hydrogen) atoms. The maximum atomic E-state index is 13.1. The van der Waals surface area contributed by atoms with Crippen LogP contribution in [0, 0.1) is 18.3 Å². The highest BCUT2D eigenvalue weighted by atomic mass is 31.2. The third-order valence-corrected chi connectivity index (χ3v) is 11.9. The number of fused-ring (bicyclic) bond motifs is 2. The largest absolute Gasteiger partial charge is 0.477 e. The zero-order valence-electron chi connectivity index (χ0n) is 22.4. The number of carbonyl (C=O) groups excluding carboxylic acids is 1. The maximum Gasteiger partial charge on any atom is 0.412 e. The smallest absolute Gasteiger partial charge is 0.412 e. The Morgan fingerprint density at radius 3 is 2.36 bits per heavy atom. The molecule has 0 radical (unpaired) electrons. The SMILES string of the molecule is Cc1cc2c(=O)c(C(=O)O)cn(C3CC3)c2c(C#N)c1N1CC2OCCN(C(=O)OC(C)(P(=O)(O)O)P(=O)(O)O)[C@H]2C1. The van der Waals surface area contributed by atoms with Crippen molar-refractivity contribution in [2.45, 2.75) is 50.0 Å². The van der Waals surface area contributed by atoms with Crippen LogP contribution in [0.25, 0.3) is 10.9 Å². The van der Waals surface area contributed by atoms with E-state index in [1.165, 1.54) is 12.3 Å². The van der Waals surface area contributed by atoms with E-state index in [0.29, 0.717) is 23.7 Å². The molecule has 1 aromatic heterocycles. The van der Waals surface area contributed by atoms with Gasteiger partial charge in [-0.3, -0.25) is 18.8 Å². The fraction of sp³-hybridized carbons (Fsp3) is 0.500. The zero-order valence-corrected chi connectivity index (χ0v) is 24.2. The summed E-state index contributed by atoms with van der Waals surface area (Å²) in [6.45, 7) is 2.22. The molecular weight excluding hydrogens is 598 g/mol. The summed E-state index contributed by atoms with van der Waals surface area (Å²) < 4.78 is 36.2. The van der Waals surface area contributed by atoms with Gasteiger partial charge < -0.3 is 43.6 Å². The fourth-order valence-corrected chi connectivity index (χ4v) is 7.31. The van der Waals surface area contributed by atoms with Crippen molar-refractivity contribution in [1.29, 1.82) is 5.26 Å². The molecule has 5 N–H and O–H groups in total. The lowest BCUT2D eigenvalue weighted by atomic mass is 10.00. The van der Waals surface area contributed by atoms with Gasteiger partial charge in [-0.15, -0.1) is 0 Å². The number of morpholine rings is 1. The van der Waals surface area contributed by atoms with Crippen molar-refractivity contribution in [2.24, 2.45) is 0 Å². The molecule has 2 aromatic rings. The van der Waals surface area contributed by atoms with Gasteiger partial charge in [0.2, 0.25) is 5.43 Å². The molecule has 1 unspecified atom stereocenters. The van der Waals surface area contributed by atoms with Crippen LogP contribution in [0.4, 0.5) is 10.5 Å². The Labute approximate surface area is 238 Å². The zero-order chi connectivity index (χ0) is 30.9. The number of nitrogens with zero attached hydrogens (tertiary/aromatic N) is 4. The normalized spacial score (nSPS) is 21.3. The number of hydrogen-bond donors (Lipinski definition) is 5. The molecule has 5 rings (SSSR count). The van der Waals surface area contributed by atoms with E-state index in [-0.39, 0.29) is 43.2 Å². The first kappa shape index (κ1) is 30.2. The van der Waals surface area contributed by atoms with E-state index in [1.807, 2.05) is 0 Å². The van der Waals surface area contributed by atoms with E-state index in [2.05, 4.69) is 6.07 Å². The number of carboxylic acid groups (broad SMARTS) is 1. The average Bonchev–Trinajstić information content (AvgIpc) is 3.64. The lowest BCUT2D eigenvalue weighted by Crippen LogP contribution is -2.54. The Bertz CT molecular complexity index is 1680. The Morgan fingerprint density at radius 1 is 1.17 bits per heavy atom. The van der Waals surface area contributed by atoms with Gasteiger partial charge >= 0.3 is 32.3 Å². The standard InChI is InChI=1S/C24H28N4O12P2/c1-12-7-14-20(28(13-3-4-13)9-16(21(14)29)22(30)31)15(8-25)19(12)26-10-17-18(11-26)39-6-5-27(17)23(32)40-24(2,41(33,34)35)42(36,37)38/h7,9,13,17-18H,3-6,10-11H2,1-2H3,(H,30,31)(H2,33,34,35)(H2,36,37,38)/t17-,18?/m0/s1. The highest BCUT2D eigenvalue weighted by Gasteiger charge is 2.61. The molecule has 226 valence electrons. The number of hydrogen-bond acceptors (Lipinski definition) is 9. The molecule has 0 bridgehead atoms. The van der Waals surface area contributed by atoms with Gasteiger partial charge in [-0.25, -0.2) is 9.59 Å². The summed E-state index contributed by atoms with van der Waals surface area (Å²) >= 11 is 0. The molecule has 2 atom stereocenters. The van der Waals surface area contributed by atoms with Gasteiger partial charge in [0, 0.05) is 37.3 Å². The van der Waals surface area contributed by atoms with Gasteiger partial charge in [-0.2, -0.15) is 5.26 Å². The van der Waals surface area contributed by atoms with Gasteiger partial charge in [-0.05, 0) is 38.3 Å². The lowest BCUT2D eigenvalue weighted by Gasteiger charge is -2.38. The molecule has 18 heteroatoms. The van der Waals surface area contributed by atoms with Crippen LogP contribution in [0.2, 0.25) is 0 Å². The van der Waals surface area contributed by atoms with Crippen molar-refractivity contribution >= 4 is 43.8 Å². The van der Waals surface area contributed by atoms with Gasteiger partial charge in [-0.1, -0.05) is 0 Å². The third-order valence-electron chi connectivity index (χ3n) is 7.97. The number of pyridine rings is 1. The van der Waals surface area contributed by atoms with E-state index in [4.69, 9.17) is 9.47 Å². The lowest BCUT2D eigenvalue weighted by molar-refractivity contribution is -0.0486. The Balaban J connectivity index is 1.54. The van der Waals surface area contributed by atoms with Crippen LogP contribution in [0.3, 0.4) is 0 Å². The van der Waals surface area contributed by atoms with Crippen LogP contribution >= 0.6 is 15.2 Å². The Hall–Kier alpha value is -3.28. The van der Waals surface area contributed by atoms with E-state index in [9.17, 15) is 53.5 Å². The minimum Gasteiger partial charge on any atom is -0.477 e. The number of aromatic nitrogens is 1. The summed E-state index contributed by atoms with van der Waals surface area (Å²) in [4.78, 5) is 79.2. The minimum atomic E-state index is -5.64. The monoisotopic (exact) mass is 626 g/mol. The van der Waals surface area contributed by atoms with E-state index in [1.54, 1.807) is 16.4 Å². The second-order valence-corrected chi connectivity index (χ2v) is 14.9. The average molecular weight is 626 g/mol. The molecule has 1 aliphatic carbocycles. The first-order valence-electron chi connectivity index (χ1n) is 12.8. The number of benzene rings is 1. The number of rotatable bonds is 6. The summed E-state index contributed by atoms with van der Waals surface area (Å²) in [5, 5.41) is 16.6. The van der Waals surface area contributed by atoms with Crippen LogP contribution in [-0.2, 0) is 18.6 Å². The fourth-order valence-electron chi connectivity index (χ4n) is 5.56. The van der Waals surface area contributed by atoms with Crippen molar-refractivity contribution < 1.29 is 52.9 Å². The number of aryl methyl sites for hydroxylation is 1. The quantitative estimate of drug-likeness (QED) is 0.284. The number of nitriles is 1. The molecule has 16 nitrogen and oxygen atoms in total. The van der Waals surface area contributed by atoms with Crippen molar-refractivity contribution in [3.05, 3.63) is 39.2 Å². The summed E-state index contributed by atoms with van der Waals surface area (Å²) in [6.07, 6.45) is 0.722. The van der Waals surface area contributed by atoms with Gasteiger partial charge in [0.05, 0.1) is 30.0 Å². The van der Waals surface area contributed by atoms with Crippen LogP contribution in [0.1, 0.15) is 47.3 Å². The van der Waals surface area contributed by atoms with Crippen LogP contribution < -0.4 is 10.3 Å². The Kier molecular flexibility index (Phi) is 7.31. The van der Waals surface area contributed by atoms with Crippen LogP contribution in [0.15, 0.2) is 17.1 Å². The first-order valence-corrected chi connectivity index (χ1v) is 16.1. The summed E-state index contributed by atoms with van der Waals surface area (Å²) in [5.74, 6) is -1.38. The van der Waals surface area contributed by atoms with Crippen molar-refractivity contribution in [2.75, 3.05) is 31.1 Å². The number of amides is 1. The summed E-state index contributed by atoms with van der Waals surface area (Å²) in [7, 11) is -11.3. The Morgan fingerprint density at radius 2 is 1.81 bits per heavy atom. The van der Waals surface area contributed by atoms with Gasteiger partial charge in [0.15, 0.2) is 0 Å². The molecule has 1 saturated carbocycles. The summed E-state index contributed by atoms with van der Waals surface area (Å²) in [5.41, 5.74) is 0.229. The molecule has 2 aliphatic heterocycles. The summed E-state index contributed by atoms with van der Waals surface area (Å²) in [6, 6.07) is 2.83. The molecule has 3 heterocycles. The van der Waals surface area contributed by atoms with Crippen molar-refractivity contribution in [1.82, 2.24) is 9.47 Å². The highest BCUT2D eigenvalue weighted by molar-refractivity contribution is 7.72. The van der Waals surface area contributed by atoms with Gasteiger partial charge in [0.25, 0.3) is 0 Å². The molecule has 3 aliphatic rings. The van der Waals surface area contributed by atoms with E-state index < -0.39 is 55.5 Å². The number of aromatic carboxylic acids is 1. The van der Waals surface area contributed by atoms with E-state index >= 15 is 0 Å². The number of carboxylic acids is 1. The van der Waals surface area contributed by atoms with Crippen LogP contribution in [-0.4, -0.2) is 89.7 Å². The molecule has 2 saturated heterocycles.